The standard InChI is InChI=1S/C47H56N2O7.2C22H31N3O8/c1-7-33(2)42(51)31-48-44(53)36(28-40(50)30-41(34(3)56-46(4,5)6)45(54)55-32-35-20-12-8-13-21-35)29-43(52)49-47(37-22-14-9-15-23-37,38-24-16-10-17-25-38)39-26-18-11-19-27-39;2*1-13(27)17(22(32)33-12-14-5-3-2-4-6-14)9-16(28)7-15(8-20(24)30)21(31)25-10-19(29)18(23)11-26/h8-27,33-34,36,41H,7,28-32H2,1-6H3,(H,48,53)(H,49,52);2*2-6,13,15,17-18,26-27H,7-12,23H2,1H3,(H2,24,30)(H,25,31)/t33-,34?,36-,41-;2*13?,15-,17-,18-/m000/s1. The van der Waals surface area contributed by atoms with Crippen molar-refractivity contribution in [2.24, 2.45) is 64.4 Å². The van der Waals surface area contributed by atoms with Gasteiger partial charge in [0.2, 0.25) is 35.4 Å². The highest BCUT2D eigenvalue weighted by molar-refractivity contribution is 5.97. The van der Waals surface area contributed by atoms with Crippen molar-refractivity contribution >= 4 is 88.1 Å². The van der Waals surface area contributed by atoms with Gasteiger partial charge < -0.3 is 83.6 Å². The molecule has 0 heterocycles. The molecule has 0 bridgehead atoms. The maximum absolute atomic E-state index is 14.4. The smallest absolute Gasteiger partial charge is 0.312 e. The normalized spacial score (nSPS) is 14.1. The summed E-state index contributed by atoms with van der Waals surface area (Å²) in [6.07, 6.45) is -6.10. The molecule has 0 aliphatic heterocycles. The zero-order chi connectivity index (χ0) is 90.7. The van der Waals surface area contributed by atoms with Gasteiger partial charge in [0.25, 0.3) is 0 Å². The first kappa shape index (κ1) is 103. The Hall–Kier alpha value is -11.7. The Morgan fingerprint density at radius 3 is 0.943 bits per heavy atom. The van der Waals surface area contributed by atoms with Crippen molar-refractivity contribution in [2.75, 3.05) is 32.8 Å². The van der Waals surface area contributed by atoms with Crippen molar-refractivity contribution < 1.29 is 111 Å². The van der Waals surface area contributed by atoms with Gasteiger partial charge in [-0.3, -0.25) is 71.9 Å². The van der Waals surface area contributed by atoms with Crippen LogP contribution in [0.5, 0.6) is 0 Å². The number of benzene rings is 6. The number of aliphatic hydroxyl groups is 4. The maximum Gasteiger partial charge on any atom is 0.312 e. The minimum absolute atomic E-state index is 0.0218. The molecule has 0 spiro atoms. The van der Waals surface area contributed by atoms with Gasteiger partial charge in [0.1, 0.15) is 42.7 Å². The number of ether oxygens (including phenoxy) is 4. The topological polar surface area (TPSA) is 526 Å². The molecule has 0 saturated carbocycles. The van der Waals surface area contributed by atoms with Gasteiger partial charge >= 0.3 is 17.9 Å². The Bertz CT molecular complexity index is 4130. The van der Waals surface area contributed by atoms with E-state index in [-0.39, 0.29) is 57.3 Å². The van der Waals surface area contributed by atoms with Crippen LogP contribution in [-0.4, -0.2) is 177 Å². The van der Waals surface area contributed by atoms with E-state index in [1.807, 2.05) is 149 Å². The number of esters is 3. The van der Waals surface area contributed by atoms with Gasteiger partial charge in [0.15, 0.2) is 17.3 Å². The first-order valence-corrected chi connectivity index (χ1v) is 40.2. The molecule has 0 aliphatic rings. The fraction of sp³-hybridized carbons (Fsp3) is 0.440. The maximum atomic E-state index is 14.4. The molecular weight excluding hydrogens is 1570 g/mol. The number of rotatable bonds is 50. The van der Waals surface area contributed by atoms with Crippen molar-refractivity contribution in [1.29, 1.82) is 0 Å². The molecule has 31 heteroatoms. The molecule has 0 aromatic heterocycles. The van der Waals surface area contributed by atoms with E-state index in [2.05, 4.69) is 21.3 Å². The van der Waals surface area contributed by atoms with Gasteiger partial charge in [-0.1, -0.05) is 196 Å². The van der Waals surface area contributed by atoms with Crippen LogP contribution in [-0.2, 0) is 116 Å². The molecule has 122 heavy (non-hydrogen) atoms. The zero-order valence-corrected chi connectivity index (χ0v) is 70.3. The quantitative estimate of drug-likeness (QED) is 0.0137. The molecule has 6 amide bonds. The summed E-state index contributed by atoms with van der Waals surface area (Å²) >= 11 is 0. The van der Waals surface area contributed by atoms with Crippen LogP contribution in [0.1, 0.15) is 153 Å². The number of ketones is 6. The number of nitrogens with two attached hydrogens (primary N) is 4. The van der Waals surface area contributed by atoms with E-state index in [9.17, 15) is 82.1 Å². The number of nitrogens with one attached hydrogen (secondary N) is 4. The third kappa shape index (κ3) is 36.7. The van der Waals surface area contributed by atoms with Crippen molar-refractivity contribution in [3.05, 3.63) is 215 Å². The lowest BCUT2D eigenvalue weighted by atomic mass is 9.76. The number of carbonyl (C=O) groups is 15. The molecule has 660 valence electrons. The van der Waals surface area contributed by atoms with E-state index >= 15 is 0 Å². The van der Waals surface area contributed by atoms with E-state index in [0.29, 0.717) is 6.42 Å². The largest absolute Gasteiger partial charge is 0.461 e. The molecule has 0 fully saturated rings. The summed E-state index contributed by atoms with van der Waals surface area (Å²) in [4.78, 5) is 189. The van der Waals surface area contributed by atoms with Crippen LogP contribution in [0.25, 0.3) is 0 Å². The van der Waals surface area contributed by atoms with Crippen molar-refractivity contribution in [2.45, 2.75) is 181 Å². The van der Waals surface area contributed by atoms with Crippen LogP contribution in [0.3, 0.4) is 0 Å². The highest BCUT2D eigenvalue weighted by Gasteiger charge is 2.41. The van der Waals surface area contributed by atoms with Gasteiger partial charge in [0, 0.05) is 63.7 Å². The lowest BCUT2D eigenvalue weighted by Crippen LogP contribution is -2.49. The van der Waals surface area contributed by atoms with Gasteiger partial charge in [-0.05, 0) is 81.3 Å². The first-order chi connectivity index (χ1) is 57.8. The van der Waals surface area contributed by atoms with E-state index in [1.165, 1.54) is 13.8 Å². The minimum atomic E-state index is -1.20. The number of carbonyl (C=O) groups excluding carboxylic acids is 15. The third-order valence-electron chi connectivity index (χ3n) is 19.7. The Labute approximate surface area is 710 Å². The molecular formula is C91H118N8O23. The van der Waals surface area contributed by atoms with Crippen LogP contribution in [0, 0.1) is 41.4 Å². The minimum Gasteiger partial charge on any atom is -0.461 e. The number of amides is 6. The van der Waals surface area contributed by atoms with Crippen LogP contribution in [0.4, 0.5) is 0 Å². The SMILES string of the molecule is CC(O)[C@H](CC(=O)C[C@@H](CC(N)=O)C(=O)NCC(=O)[C@@H](N)CO)C(=O)OCc1ccccc1.CC(O)[C@H](CC(=O)C[C@@H](CC(N)=O)C(=O)NCC(=O)[C@@H](N)CO)C(=O)OCc1ccccc1.CC[C@H](C)C(=O)CNC(=O)[C@@H](CC(=O)C[C@H](C(=O)OCc1ccccc1)C(C)OC(C)(C)C)CC(=O)NC(c1ccccc1)(c1ccccc1)c1ccccc1. The average molecular weight is 1690 g/mol. The molecule has 31 nitrogen and oxygen atoms in total. The van der Waals surface area contributed by atoms with E-state index in [0.717, 1.165) is 33.4 Å². The Morgan fingerprint density at radius 1 is 0.385 bits per heavy atom. The number of hydrogen-bond donors (Lipinski definition) is 12. The summed E-state index contributed by atoms with van der Waals surface area (Å²) in [6.45, 7) is 11.2. The van der Waals surface area contributed by atoms with Crippen molar-refractivity contribution in [1.82, 2.24) is 21.3 Å². The fourth-order valence-electron chi connectivity index (χ4n) is 12.6. The van der Waals surface area contributed by atoms with Crippen LogP contribution in [0.2, 0.25) is 0 Å². The Morgan fingerprint density at radius 2 is 0.664 bits per heavy atom. The van der Waals surface area contributed by atoms with Gasteiger partial charge in [-0.25, -0.2) is 0 Å². The Kier molecular flexibility index (Phi) is 44.7. The lowest BCUT2D eigenvalue weighted by Gasteiger charge is -2.37. The third-order valence-corrected chi connectivity index (χ3v) is 19.7. The van der Waals surface area contributed by atoms with E-state index in [1.54, 1.807) is 74.5 Å². The summed E-state index contributed by atoms with van der Waals surface area (Å²) in [5.74, 6) is -16.5. The summed E-state index contributed by atoms with van der Waals surface area (Å²) in [5.41, 5.74) is 23.9. The second kappa shape index (κ2) is 53.1. The molecule has 6 rings (SSSR count). The molecule has 3 unspecified atom stereocenters. The second-order valence-electron chi connectivity index (χ2n) is 30.8. The highest BCUT2D eigenvalue weighted by atomic mass is 16.5. The first-order valence-electron chi connectivity index (χ1n) is 40.2. The van der Waals surface area contributed by atoms with E-state index in [4.69, 9.17) is 52.1 Å². The molecule has 12 atom stereocenters. The highest BCUT2D eigenvalue weighted by Crippen LogP contribution is 2.38. The summed E-state index contributed by atoms with van der Waals surface area (Å²) < 4.78 is 22.2. The fourth-order valence-corrected chi connectivity index (χ4v) is 12.6. The Balaban J connectivity index is 0.000000409. The van der Waals surface area contributed by atoms with Crippen LogP contribution in [0.15, 0.2) is 182 Å². The summed E-state index contributed by atoms with van der Waals surface area (Å²) in [7, 11) is 0. The summed E-state index contributed by atoms with van der Waals surface area (Å²) in [6, 6.07) is 53.3. The van der Waals surface area contributed by atoms with Gasteiger partial charge in [0.05, 0.1) is 104 Å². The van der Waals surface area contributed by atoms with Gasteiger partial charge in [-0.2, -0.15) is 0 Å². The predicted octanol–water partition coefficient (Wildman–Crippen LogP) is 4.89. The lowest BCUT2D eigenvalue weighted by molar-refractivity contribution is -0.162. The molecule has 16 N–H and O–H groups in total. The number of hydrogen-bond acceptors (Lipinski definition) is 25. The molecule has 0 saturated heterocycles. The van der Waals surface area contributed by atoms with Crippen LogP contribution >= 0.6 is 0 Å². The van der Waals surface area contributed by atoms with Gasteiger partial charge in [-0.15, -0.1) is 0 Å². The monoisotopic (exact) mass is 1690 g/mol. The second-order valence-corrected chi connectivity index (χ2v) is 30.8. The molecule has 6 aromatic carbocycles. The zero-order valence-electron chi connectivity index (χ0n) is 70.3. The predicted molar refractivity (Wildman–Crippen MR) is 449 cm³/mol. The molecule has 0 radical (unpaired) electrons. The molecule has 0 aliphatic carbocycles. The van der Waals surface area contributed by atoms with Crippen molar-refractivity contribution in [3.8, 4) is 0 Å². The van der Waals surface area contributed by atoms with Crippen LogP contribution < -0.4 is 44.2 Å². The van der Waals surface area contributed by atoms with Crippen molar-refractivity contribution in [3.63, 3.8) is 0 Å². The number of aliphatic hydroxyl groups excluding tert-OH is 4. The number of primary amides is 2. The van der Waals surface area contributed by atoms with E-state index < -0.39 is 224 Å². The molecule has 6 aromatic rings. The number of Topliss-reactive ketones (excluding diaryl/α,β-unsaturated/α-hetero) is 6. The summed E-state index contributed by atoms with van der Waals surface area (Å²) in [5, 5.41) is 48.2. The average Bonchev–Trinajstić information content (AvgIpc) is 0.752.